The van der Waals surface area contributed by atoms with E-state index in [-0.39, 0.29) is 17.9 Å². The molecule has 0 bridgehead atoms. The van der Waals surface area contributed by atoms with E-state index in [9.17, 15) is 13.2 Å². The van der Waals surface area contributed by atoms with E-state index in [1.165, 1.54) is 0 Å². The zero-order valence-corrected chi connectivity index (χ0v) is 16.1. The second-order valence-corrected chi connectivity index (χ2v) is 9.05. The molecule has 1 aromatic rings. The molecule has 2 atom stereocenters. The molecular formula is C18H27NO5S. The Morgan fingerprint density at radius 2 is 1.88 bits per heavy atom. The van der Waals surface area contributed by atoms with Crippen molar-refractivity contribution in [1.29, 1.82) is 0 Å². The highest BCUT2D eigenvalue weighted by atomic mass is 32.2. The summed E-state index contributed by atoms with van der Waals surface area (Å²) in [6.45, 7) is 7.76. The third kappa shape index (κ3) is 6.32. The molecule has 1 aliphatic heterocycles. The van der Waals surface area contributed by atoms with Crippen LogP contribution in [0.1, 0.15) is 46.1 Å². The summed E-state index contributed by atoms with van der Waals surface area (Å²) in [5.74, 6) is -0.144. The normalized spacial score (nSPS) is 21.8. The van der Waals surface area contributed by atoms with Crippen molar-refractivity contribution in [3.63, 3.8) is 0 Å². The van der Waals surface area contributed by atoms with E-state index in [2.05, 4.69) is 0 Å². The molecule has 0 saturated carbocycles. The lowest BCUT2D eigenvalue weighted by Crippen LogP contribution is -2.48. The van der Waals surface area contributed by atoms with Crippen LogP contribution in [0.2, 0.25) is 0 Å². The SMILES string of the molecule is C[C@H]1CC(OS(=O)(=O)Cc2ccccc2)CCN1C(=O)OC(C)(C)C. The smallest absolute Gasteiger partial charge is 0.410 e. The van der Waals surface area contributed by atoms with E-state index in [0.717, 1.165) is 0 Å². The average Bonchev–Trinajstić information content (AvgIpc) is 2.45. The second-order valence-electron chi connectivity index (χ2n) is 7.45. The van der Waals surface area contributed by atoms with Crippen LogP contribution >= 0.6 is 0 Å². The number of rotatable bonds is 4. The van der Waals surface area contributed by atoms with Gasteiger partial charge in [-0.15, -0.1) is 0 Å². The van der Waals surface area contributed by atoms with E-state index in [1.807, 2.05) is 33.8 Å². The van der Waals surface area contributed by atoms with Crippen LogP contribution in [-0.4, -0.2) is 43.7 Å². The number of likely N-dealkylation sites (tertiary alicyclic amines) is 1. The first-order chi connectivity index (χ1) is 11.6. The van der Waals surface area contributed by atoms with Gasteiger partial charge in [0.05, 0.1) is 6.10 Å². The topological polar surface area (TPSA) is 72.9 Å². The molecule has 1 saturated heterocycles. The summed E-state index contributed by atoms with van der Waals surface area (Å²) in [5.41, 5.74) is 0.144. The molecule has 1 amide bonds. The predicted octanol–water partition coefficient (Wildman–Crippen LogP) is 3.32. The van der Waals surface area contributed by atoms with Gasteiger partial charge >= 0.3 is 6.09 Å². The van der Waals surface area contributed by atoms with Crippen molar-refractivity contribution >= 4 is 16.2 Å². The van der Waals surface area contributed by atoms with E-state index >= 15 is 0 Å². The Morgan fingerprint density at radius 1 is 1.24 bits per heavy atom. The Morgan fingerprint density at radius 3 is 2.44 bits per heavy atom. The van der Waals surface area contributed by atoms with E-state index in [1.54, 1.807) is 29.2 Å². The van der Waals surface area contributed by atoms with Gasteiger partial charge in [-0.3, -0.25) is 4.18 Å². The van der Waals surface area contributed by atoms with Crippen LogP contribution in [0.4, 0.5) is 4.79 Å². The summed E-state index contributed by atoms with van der Waals surface area (Å²) in [6, 6.07) is 8.81. The third-order valence-electron chi connectivity index (χ3n) is 3.93. The highest BCUT2D eigenvalue weighted by Crippen LogP contribution is 2.24. The minimum absolute atomic E-state index is 0.138. The maximum atomic E-state index is 12.3. The van der Waals surface area contributed by atoms with Gasteiger partial charge in [0.2, 0.25) is 0 Å². The predicted molar refractivity (Wildman–Crippen MR) is 95.6 cm³/mol. The fourth-order valence-electron chi connectivity index (χ4n) is 2.83. The molecule has 0 aromatic heterocycles. The molecule has 0 N–H and O–H groups in total. The number of piperidine rings is 1. The standard InChI is InChI=1S/C18H27NO5S/c1-14-12-16(10-11-19(14)17(20)23-18(2,3)4)24-25(21,22)13-15-8-6-5-7-9-15/h5-9,14,16H,10-13H2,1-4H3/t14-,16?/m0/s1. The lowest BCUT2D eigenvalue weighted by molar-refractivity contribution is -0.000155. The first-order valence-corrected chi connectivity index (χ1v) is 10.1. The number of hydrogen-bond acceptors (Lipinski definition) is 5. The first-order valence-electron chi connectivity index (χ1n) is 8.50. The molecule has 25 heavy (non-hydrogen) atoms. The number of nitrogens with zero attached hydrogens (tertiary/aromatic N) is 1. The van der Waals surface area contributed by atoms with Crippen molar-refractivity contribution in [2.75, 3.05) is 6.54 Å². The summed E-state index contributed by atoms with van der Waals surface area (Å²) in [5, 5.41) is 0. The van der Waals surface area contributed by atoms with Crippen molar-refractivity contribution < 1.29 is 22.1 Å². The Balaban J connectivity index is 1.91. The van der Waals surface area contributed by atoms with Crippen molar-refractivity contribution in [3.8, 4) is 0 Å². The fraction of sp³-hybridized carbons (Fsp3) is 0.611. The highest BCUT2D eigenvalue weighted by Gasteiger charge is 2.34. The summed E-state index contributed by atoms with van der Waals surface area (Å²) in [6.07, 6.45) is 0.151. The van der Waals surface area contributed by atoms with Crippen LogP contribution in [0.25, 0.3) is 0 Å². The first kappa shape index (κ1) is 19.7. The maximum Gasteiger partial charge on any atom is 0.410 e. The molecule has 1 aliphatic rings. The van der Waals surface area contributed by atoms with Crippen LogP contribution in [0.5, 0.6) is 0 Å². The third-order valence-corrected chi connectivity index (χ3v) is 5.18. The molecule has 1 fully saturated rings. The molecule has 6 nitrogen and oxygen atoms in total. The lowest BCUT2D eigenvalue weighted by Gasteiger charge is -2.37. The number of amides is 1. The van der Waals surface area contributed by atoms with Gasteiger partial charge in [0.15, 0.2) is 0 Å². The molecule has 0 aliphatic carbocycles. The monoisotopic (exact) mass is 369 g/mol. The Hall–Kier alpha value is -1.60. The van der Waals surface area contributed by atoms with Crippen LogP contribution in [0, 0.1) is 0 Å². The zero-order chi connectivity index (χ0) is 18.7. The van der Waals surface area contributed by atoms with Gasteiger partial charge in [-0.2, -0.15) is 8.42 Å². The van der Waals surface area contributed by atoms with Gasteiger partial charge in [-0.25, -0.2) is 4.79 Å². The zero-order valence-electron chi connectivity index (χ0n) is 15.3. The number of ether oxygens (including phenoxy) is 1. The van der Waals surface area contributed by atoms with Gasteiger partial charge in [0.25, 0.3) is 10.1 Å². The number of hydrogen-bond donors (Lipinski definition) is 0. The molecule has 0 radical (unpaired) electrons. The quantitative estimate of drug-likeness (QED) is 0.761. The molecule has 7 heteroatoms. The summed E-state index contributed by atoms with van der Waals surface area (Å²) < 4.78 is 35.3. The van der Waals surface area contributed by atoms with Crippen molar-refractivity contribution in [2.24, 2.45) is 0 Å². The van der Waals surface area contributed by atoms with Crippen LogP contribution in [0.15, 0.2) is 30.3 Å². The molecular weight excluding hydrogens is 342 g/mol. The second kappa shape index (κ2) is 7.74. The molecule has 1 aromatic carbocycles. The van der Waals surface area contributed by atoms with E-state index < -0.39 is 21.8 Å². The van der Waals surface area contributed by atoms with E-state index in [4.69, 9.17) is 8.92 Å². The molecule has 1 unspecified atom stereocenters. The maximum absolute atomic E-state index is 12.3. The van der Waals surface area contributed by atoms with Crippen LogP contribution in [0.3, 0.4) is 0 Å². The largest absolute Gasteiger partial charge is 0.444 e. The fourth-order valence-corrected chi connectivity index (χ4v) is 4.09. The molecule has 2 rings (SSSR count). The Kier molecular flexibility index (Phi) is 6.11. The lowest BCUT2D eigenvalue weighted by atomic mass is 10.0. The molecule has 0 spiro atoms. The van der Waals surface area contributed by atoms with Crippen molar-refractivity contribution in [2.45, 2.75) is 64.0 Å². The highest BCUT2D eigenvalue weighted by molar-refractivity contribution is 7.85. The van der Waals surface area contributed by atoms with E-state index in [0.29, 0.717) is 24.9 Å². The van der Waals surface area contributed by atoms with Crippen molar-refractivity contribution in [3.05, 3.63) is 35.9 Å². The van der Waals surface area contributed by atoms with Crippen LogP contribution in [-0.2, 0) is 24.8 Å². The number of carbonyl (C=O) groups excluding carboxylic acids is 1. The Bertz CT molecular complexity index is 681. The minimum Gasteiger partial charge on any atom is -0.444 e. The van der Waals surface area contributed by atoms with Gasteiger partial charge < -0.3 is 9.64 Å². The van der Waals surface area contributed by atoms with Gasteiger partial charge in [-0.05, 0) is 46.1 Å². The average molecular weight is 369 g/mol. The van der Waals surface area contributed by atoms with Gasteiger partial charge in [-0.1, -0.05) is 30.3 Å². The Labute approximate surface area is 150 Å². The minimum atomic E-state index is -3.66. The number of benzene rings is 1. The molecule has 140 valence electrons. The van der Waals surface area contributed by atoms with Crippen molar-refractivity contribution in [1.82, 2.24) is 4.90 Å². The van der Waals surface area contributed by atoms with Gasteiger partial charge in [0, 0.05) is 12.6 Å². The van der Waals surface area contributed by atoms with Crippen LogP contribution < -0.4 is 0 Å². The molecule has 1 heterocycles. The summed E-state index contributed by atoms with van der Waals surface area (Å²) in [7, 11) is -3.66. The van der Waals surface area contributed by atoms with Gasteiger partial charge in [0.1, 0.15) is 11.4 Å². The number of carbonyl (C=O) groups is 1. The summed E-state index contributed by atoms with van der Waals surface area (Å²) >= 11 is 0. The summed E-state index contributed by atoms with van der Waals surface area (Å²) in [4.78, 5) is 13.8.